The molecule has 2 bridgehead atoms. The van der Waals surface area contributed by atoms with Crippen LogP contribution in [-0.2, 0) is 9.47 Å². The highest BCUT2D eigenvalue weighted by Crippen LogP contribution is 2.60. The predicted molar refractivity (Wildman–Crippen MR) is 165 cm³/mol. The second-order valence-electron chi connectivity index (χ2n) is 11.7. The highest BCUT2D eigenvalue weighted by atomic mass is 16.6. The highest BCUT2D eigenvalue weighted by molar-refractivity contribution is 6.03. The quantitative estimate of drug-likeness (QED) is 0.230. The van der Waals surface area contributed by atoms with Crippen molar-refractivity contribution in [2.24, 2.45) is 11.8 Å². The van der Waals surface area contributed by atoms with Gasteiger partial charge in [0.25, 0.3) is 0 Å². The molecule has 9 nitrogen and oxygen atoms in total. The van der Waals surface area contributed by atoms with Gasteiger partial charge in [0, 0.05) is 41.5 Å². The summed E-state index contributed by atoms with van der Waals surface area (Å²) in [5, 5.41) is 0. The summed E-state index contributed by atoms with van der Waals surface area (Å²) in [7, 11) is 1.50. The third-order valence-electron chi connectivity index (χ3n) is 8.81. The molecule has 44 heavy (non-hydrogen) atoms. The van der Waals surface area contributed by atoms with Crippen LogP contribution in [0.3, 0.4) is 0 Å². The van der Waals surface area contributed by atoms with Crippen LogP contribution in [0.4, 0.5) is 0 Å². The Kier molecular flexibility index (Phi) is 8.38. The number of ketones is 2. The van der Waals surface area contributed by atoms with E-state index in [2.05, 4.69) is 9.97 Å². The average Bonchev–Trinajstić information content (AvgIpc) is 3.16. The molecule has 3 aromatic heterocycles. The van der Waals surface area contributed by atoms with E-state index in [1.54, 1.807) is 74.0 Å². The lowest BCUT2D eigenvalue weighted by Gasteiger charge is -2.53. The van der Waals surface area contributed by atoms with Gasteiger partial charge in [-0.1, -0.05) is 30.4 Å². The van der Waals surface area contributed by atoms with Gasteiger partial charge in [0.05, 0.1) is 42.3 Å². The van der Waals surface area contributed by atoms with Crippen LogP contribution in [0, 0.1) is 18.8 Å². The van der Waals surface area contributed by atoms with Crippen molar-refractivity contribution in [3.8, 4) is 5.75 Å². The van der Waals surface area contributed by atoms with E-state index in [9.17, 15) is 14.4 Å². The normalized spacial score (nSPS) is 29.9. The number of fused-ring (bicyclic) bond motifs is 2. The van der Waals surface area contributed by atoms with Crippen molar-refractivity contribution >= 4 is 17.6 Å². The van der Waals surface area contributed by atoms with Gasteiger partial charge in [-0.3, -0.25) is 19.6 Å². The summed E-state index contributed by atoms with van der Waals surface area (Å²) >= 11 is 0. The Hall–Kier alpha value is -4.47. The van der Waals surface area contributed by atoms with Crippen molar-refractivity contribution < 1.29 is 28.2 Å². The van der Waals surface area contributed by atoms with Crippen molar-refractivity contribution in [2.45, 2.75) is 57.5 Å². The van der Waals surface area contributed by atoms with Crippen LogP contribution in [0.15, 0.2) is 94.7 Å². The van der Waals surface area contributed by atoms with E-state index in [4.69, 9.17) is 18.6 Å². The molecule has 0 amide bonds. The van der Waals surface area contributed by atoms with Crippen molar-refractivity contribution in [1.29, 1.82) is 0 Å². The van der Waals surface area contributed by atoms with E-state index < -0.39 is 40.4 Å². The Labute approximate surface area is 256 Å². The van der Waals surface area contributed by atoms with E-state index >= 15 is 0 Å². The molecule has 0 radical (unpaired) electrons. The number of hydrogen-bond donors (Lipinski definition) is 0. The van der Waals surface area contributed by atoms with Crippen LogP contribution >= 0.6 is 0 Å². The molecule has 3 aromatic rings. The number of carbonyl (C=O) groups is 2. The molecule has 2 fully saturated rings. The smallest absolute Gasteiger partial charge is 0.339 e. The van der Waals surface area contributed by atoms with Crippen molar-refractivity contribution in [3.63, 3.8) is 0 Å². The maximum atomic E-state index is 14.3. The summed E-state index contributed by atoms with van der Waals surface area (Å²) in [6.45, 7) is 9.24. The summed E-state index contributed by atoms with van der Waals surface area (Å²) in [5.74, 6) is -1.25. The van der Waals surface area contributed by atoms with Crippen LogP contribution in [0.2, 0.25) is 0 Å². The van der Waals surface area contributed by atoms with Gasteiger partial charge in [0.2, 0.25) is 0 Å². The van der Waals surface area contributed by atoms with Crippen LogP contribution in [0.25, 0.3) is 6.08 Å². The Bertz CT molecular complexity index is 1700. The first-order valence-corrected chi connectivity index (χ1v) is 14.4. The molecule has 9 heteroatoms. The molecule has 2 aliphatic heterocycles. The van der Waals surface area contributed by atoms with E-state index in [1.165, 1.54) is 25.6 Å². The maximum absolute atomic E-state index is 14.3. The van der Waals surface area contributed by atoms with Crippen molar-refractivity contribution in [3.05, 3.63) is 118 Å². The fraction of sp³-hybridized carbons (Fsp3) is 0.343. The van der Waals surface area contributed by atoms with Gasteiger partial charge in [-0.2, -0.15) is 0 Å². The zero-order valence-electron chi connectivity index (χ0n) is 25.6. The number of aromatic nitrogens is 2. The number of carbonyl (C=O) groups excluding carboxylic acids is 2. The number of ether oxygens (including phenoxy) is 3. The molecular weight excluding hydrogens is 560 g/mol. The Morgan fingerprint density at radius 2 is 1.52 bits per heavy atom. The lowest BCUT2D eigenvalue weighted by molar-refractivity contribution is -0.192. The van der Waals surface area contributed by atoms with Gasteiger partial charge in [-0.15, -0.1) is 0 Å². The predicted octanol–water partition coefficient (Wildman–Crippen LogP) is 5.60. The van der Waals surface area contributed by atoms with E-state index in [0.717, 1.165) is 0 Å². The zero-order valence-corrected chi connectivity index (χ0v) is 25.6. The molecule has 2 saturated heterocycles. The number of allylic oxidation sites excluding steroid dienone is 4. The third kappa shape index (κ3) is 5.37. The van der Waals surface area contributed by atoms with Gasteiger partial charge in [0.1, 0.15) is 17.1 Å². The Balaban J connectivity index is 1.51. The highest BCUT2D eigenvalue weighted by Gasteiger charge is 2.73. The molecule has 0 aromatic carbocycles. The van der Waals surface area contributed by atoms with Gasteiger partial charge in [0.15, 0.2) is 11.6 Å². The summed E-state index contributed by atoms with van der Waals surface area (Å²) in [5.41, 5.74) is -2.38. The molecule has 6 atom stereocenters. The Morgan fingerprint density at radius 3 is 2.11 bits per heavy atom. The van der Waals surface area contributed by atoms with Gasteiger partial charge >= 0.3 is 5.63 Å². The summed E-state index contributed by atoms with van der Waals surface area (Å²) < 4.78 is 24.0. The Morgan fingerprint density at radius 1 is 0.909 bits per heavy atom. The first kappa shape index (κ1) is 31.0. The molecule has 0 saturated carbocycles. The molecule has 5 heterocycles. The molecule has 228 valence electrons. The first-order chi connectivity index (χ1) is 20.9. The number of nitrogens with zero attached hydrogens (tertiary/aromatic N) is 2. The number of rotatable bonds is 9. The standard InChI is InChI=1S/C35H36N2O7/c1-22-26(42-28(38)19-27(22)41-6)15-9-7-8-10-16-33(3)31(29(39)24-13-11-17-36-20-24)35(5)32(34(4,44-33)23(2)43-35)30(40)25-14-12-18-37-21-25/h7-21,23,31-32H,1-6H3/b8-7+,15-9+,16-10+/t23-,31+,32-,33+,34+,35+/m1/s1. The van der Waals surface area contributed by atoms with Crippen molar-refractivity contribution in [1.82, 2.24) is 9.97 Å². The number of pyridine rings is 2. The number of hydrogen-bond acceptors (Lipinski definition) is 9. The van der Waals surface area contributed by atoms with Crippen LogP contribution < -0.4 is 10.4 Å². The minimum atomic E-state index is -1.21. The number of Topliss-reactive ketones (excluding diaryl/α,β-unsaturated/α-hetero) is 2. The molecule has 0 unspecified atom stereocenters. The molecular formula is C35H36N2O7. The van der Waals surface area contributed by atoms with Crippen LogP contribution in [0.1, 0.15) is 59.7 Å². The fourth-order valence-corrected chi connectivity index (χ4v) is 6.81. The summed E-state index contributed by atoms with van der Waals surface area (Å²) in [4.78, 5) is 48.5. The van der Waals surface area contributed by atoms with Gasteiger partial charge in [-0.05, 0) is 65.0 Å². The zero-order chi connectivity index (χ0) is 31.7. The van der Waals surface area contributed by atoms with E-state index in [-0.39, 0.29) is 11.6 Å². The topological polar surface area (TPSA) is 118 Å². The second-order valence-corrected chi connectivity index (χ2v) is 11.7. The fourth-order valence-electron chi connectivity index (χ4n) is 6.81. The average molecular weight is 597 g/mol. The lowest BCUT2D eigenvalue weighted by Crippen LogP contribution is -2.67. The number of methoxy groups -OCH3 is 1. The van der Waals surface area contributed by atoms with E-state index in [1.807, 2.05) is 33.8 Å². The SMILES string of the molecule is COc1cc(=O)oc(/C=C/C=C/C=C/[C@]2(C)O[C@]3(C)[C@@H](C(=O)c4cccnc4)[C@@](C)(O[C@@H]3C)[C@H]2C(=O)c2cccnc2)c1C. The summed E-state index contributed by atoms with van der Waals surface area (Å²) in [6, 6.07) is 8.13. The minimum absolute atomic E-state index is 0.188. The molecule has 5 rings (SSSR count). The van der Waals surface area contributed by atoms with E-state index in [0.29, 0.717) is 28.2 Å². The van der Waals surface area contributed by atoms with Gasteiger partial charge in [-0.25, -0.2) is 4.79 Å². The first-order valence-electron chi connectivity index (χ1n) is 14.4. The largest absolute Gasteiger partial charge is 0.496 e. The molecule has 0 spiro atoms. The maximum Gasteiger partial charge on any atom is 0.339 e. The van der Waals surface area contributed by atoms with Crippen LogP contribution in [0.5, 0.6) is 5.75 Å². The summed E-state index contributed by atoms with van der Waals surface area (Å²) in [6.07, 6.45) is 16.4. The molecule has 0 aliphatic carbocycles. The molecule has 2 aliphatic rings. The second kappa shape index (κ2) is 11.9. The lowest BCUT2D eigenvalue weighted by atomic mass is 9.60. The molecule has 0 N–H and O–H groups in total. The van der Waals surface area contributed by atoms with Crippen molar-refractivity contribution in [2.75, 3.05) is 7.11 Å². The van der Waals surface area contributed by atoms with Crippen LogP contribution in [-0.4, -0.2) is 51.6 Å². The van der Waals surface area contributed by atoms with Gasteiger partial charge < -0.3 is 18.6 Å². The minimum Gasteiger partial charge on any atom is -0.496 e. The monoisotopic (exact) mass is 596 g/mol. The third-order valence-corrected chi connectivity index (χ3v) is 8.81.